The number of rotatable bonds is 4. The zero-order chi connectivity index (χ0) is 13.2. The molecule has 1 aliphatic heterocycles. The molecular weight excluding hydrogens is 236 g/mol. The molecule has 0 spiro atoms. The Kier molecular flexibility index (Phi) is 3.76. The number of hydrogen-bond acceptors (Lipinski definition) is 2. The summed E-state index contributed by atoms with van der Waals surface area (Å²) in [5, 5.41) is 3.20. The van der Waals surface area contributed by atoms with Crippen molar-refractivity contribution >= 4 is 5.78 Å². The van der Waals surface area contributed by atoms with Crippen LogP contribution < -0.4 is 5.32 Å². The van der Waals surface area contributed by atoms with Crippen LogP contribution in [-0.2, 0) is 11.2 Å². The zero-order valence-electron chi connectivity index (χ0n) is 10.4. The van der Waals surface area contributed by atoms with E-state index in [-0.39, 0.29) is 17.6 Å². The average molecular weight is 253 g/mol. The number of halogens is 2. The van der Waals surface area contributed by atoms with Gasteiger partial charge in [-0.2, -0.15) is 0 Å². The van der Waals surface area contributed by atoms with Gasteiger partial charge in [0.25, 0.3) is 0 Å². The molecule has 1 aromatic carbocycles. The Hall–Kier alpha value is -1.29. The fourth-order valence-corrected chi connectivity index (χ4v) is 2.50. The second-order valence-corrected chi connectivity index (χ2v) is 4.91. The van der Waals surface area contributed by atoms with Crippen LogP contribution in [0.4, 0.5) is 8.78 Å². The van der Waals surface area contributed by atoms with Gasteiger partial charge in [-0.05, 0) is 37.1 Å². The van der Waals surface area contributed by atoms with Crippen LogP contribution in [0.3, 0.4) is 0 Å². The van der Waals surface area contributed by atoms with E-state index in [4.69, 9.17) is 0 Å². The number of ketones is 1. The second kappa shape index (κ2) is 5.14. The minimum absolute atomic E-state index is 0.112. The largest absolute Gasteiger partial charge is 0.316 e. The molecule has 1 N–H and O–H groups in total. The van der Waals surface area contributed by atoms with E-state index in [0.717, 1.165) is 31.5 Å². The van der Waals surface area contributed by atoms with Crippen LogP contribution in [0.25, 0.3) is 0 Å². The summed E-state index contributed by atoms with van der Waals surface area (Å²) in [6.45, 7) is 3.53. The highest BCUT2D eigenvalue weighted by Crippen LogP contribution is 2.31. The summed E-state index contributed by atoms with van der Waals surface area (Å²) in [5.74, 6) is -1.66. The summed E-state index contributed by atoms with van der Waals surface area (Å²) in [6, 6.07) is 3.66. The summed E-state index contributed by atoms with van der Waals surface area (Å²) in [4.78, 5) is 12.3. The Morgan fingerprint density at radius 1 is 1.39 bits per heavy atom. The van der Waals surface area contributed by atoms with E-state index in [1.54, 1.807) is 0 Å². The van der Waals surface area contributed by atoms with Gasteiger partial charge < -0.3 is 5.32 Å². The van der Waals surface area contributed by atoms with Crippen LogP contribution in [0.1, 0.15) is 25.3 Å². The lowest BCUT2D eigenvalue weighted by Crippen LogP contribution is -2.34. The van der Waals surface area contributed by atoms with Crippen molar-refractivity contribution in [2.75, 3.05) is 13.1 Å². The van der Waals surface area contributed by atoms with Crippen molar-refractivity contribution in [1.82, 2.24) is 5.32 Å². The average Bonchev–Trinajstić information content (AvgIpc) is 2.84. The van der Waals surface area contributed by atoms with Crippen LogP contribution in [0.15, 0.2) is 18.2 Å². The van der Waals surface area contributed by atoms with E-state index >= 15 is 0 Å². The minimum Gasteiger partial charge on any atom is -0.316 e. The molecule has 0 amide bonds. The SMILES string of the molecule is CCC1(C(=O)Cc2ccc(F)c(F)c2)CCNC1. The molecule has 0 bridgehead atoms. The van der Waals surface area contributed by atoms with Crippen molar-refractivity contribution in [1.29, 1.82) is 0 Å². The topological polar surface area (TPSA) is 29.1 Å². The molecule has 1 atom stereocenters. The molecule has 2 nitrogen and oxygen atoms in total. The van der Waals surface area contributed by atoms with Gasteiger partial charge in [0.15, 0.2) is 11.6 Å². The first-order valence-corrected chi connectivity index (χ1v) is 6.25. The standard InChI is InChI=1S/C14H17F2NO/c1-2-14(5-6-17-9-14)13(18)8-10-3-4-11(15)12(16)7-10/h3-4,7,17H,2,5-6,8-9H2,1H3. The molecular formula is C14H17F2NO. The van der Waals surface area contributed by atoms with Crippen LogP contribution in [0, 0.1) is 17.0 Å². The van der Waals surface area contributed by atoms with Crippen LogP contribution >= 0.6 is 0 Å². The molecule has 4 heteroatoms. The molecule has 1 heterocycles. The third-order valence-electron chi connectivity index (χ3n) is 3.86. The molecule has 0 aromatic heterocycles. The van der Waals surface area contributed by atoms with Crippen LogP contribution in [-0.4, -0.2) is 18.9 Å². The molecule has 0 saturated carbocycles. The maximum atomic E-state index is 13.1. The predicted molar refractivity (Wildman–Crippen MR) is 65.3 cm³/mol. The van der Waals surface area contributed by atoms with Gasteiger partial charge in [-0.3, -0.25) is 4.79 Å². The fourth-order valence-electron chi connectivity index (χ4n) is 2.50. The molecule has 98 valence electrons. The van der Waals surface area contributed by atoms with Gasteiger partial charge in [0.05, 0.1) is 0 Å². The number of benzene rings is 1. The van der Waals surface area contributed by atoms with Gasteiger partial charge >= 0.3 is 0 Å². The van der Waals surface area contributed by atoms with Crippen LogP contribution in [0.5, 0.6) is 0 Å². The summed E-state index contributed by atoms with van der Waals surface area (Å²) < 4.78 is 25.9. The molecule has 2 rings (SSSR count). The summed E-state index contributed by atoms with van der Waals surface area (Å²) in [5.41, 5.74) is 0.212. The molecule has 1 aromatic rings. The first-order valence-electron chi connectivity index (χ1n) is 6.25. The van der Waals surface area contributed by atoms with E-state index in [2.05, 4.69) is 5.32 Å². The predicted octanol–water partition coefficient (Wildman–Crippen LogP) is 2.47. The van der Waals surface area contributed by atoms with Gasteiger partial charge in [-0.15, -0.1) is 0 Å². The first kappa shape index (κ1) is 13.1. The summed E-state index contributed by atoms with van der Waals surface area (Å²) >= 11 is 0. The number of carbonyl (C=O) groups is 1. The first-order chi connectivity index (χ1) is 8.57. The van der Waals surface area contributed by atoms with Crippen molar-refractivity contribution in [2.45, 2.75) is 26.2 Å². The molecule has 18 heavy (non-hydrogen) atoms. The molecule has 1 unspecified atom stereocenters. The number of Topliss-reactive ketones (excluding diaryl/α,β-unsaturated/α-hetero) is 1. The fraction of sp³-hybridized carbons (Fsp3) is 0.500. The van der Waals surface area contributed by atoms with Gasteiger partial charge in [-0.25, -0.2) is 8.78 Å². The molecule has 0 aliphatic carbocycles. The van der Waals surface area contributed by atoms with E-state index in [0.29, 0.717) is 12.1 Å². The lowest BCUT2D eigenvalue weighted by atomic mass is 9.78. The highest BCUT2D eigenvalue weighted by Gasteiger charge is 2.38. The number of nitrogens with one attached hydrogen (secondary N) is 1. The quantitative estimate of drug-likeness (QED) is 0.893. The Morgan fingerprint density at radius 2 is 2.17 bits per heavy atom. The monoisotopic (exact) mass is 253 g/mol. The Balaban J connectivity index is 2.13. The summed E-state index contributed by atoms with van der Waals surface area (Å²) in [6.07, 6.45) is 1.78. The van der Waals surface area contributed by atoms with Crippen molar-refractivity contribution in [3.05, 3.63) is 35.4 Å². The van der Waals surface area contributed by atoms with E-state index in [1.165, 1.54) is 6.07 Å². The molecule has 1 aliphatic rings. The Bertz CT molecular complexity index is 453. The second-order valence-electron chi connectivity index (χ2n) is 4.91. The third kappa shape index (κ3) is 2.43. The van der Waals surface area contributed by atoms with Gasteiger partial charge in [-0.1, -0.05) is 13.0 Å². The number of carbonyl (C=O) groups excluding carboxylic acids is 1. The van der Waals surface area contributed by atoms with Crippen molar-refractivity contribution < 1.29 is 13.6 Å². The number of hydrogen-bond donors (Lipinski definition) is 1. The van der Waals surface area contributed by atoms with E-state index < -0.39 is 11.6 Å². The lowest BCUT2D eigenvalue weighted by Gasteiger charge is -2.24. The highest BCUT2D eigenvalue weighted by molar-refractivity contribution is 5.87. The molecule has 1 saturated heterocycles. The Morgan fingerprint density at radius 3 is 2.72 bits per heavy atom. The van der Waals surface area contributed by atoms with Crippen molar-refractivity contribution in [3.63, 3.8) is 0 Å². The van der Waals surface area contributed by atoms with Gasteiger partial charge in [0, 0.05) is 18.4 Å². The lowest BCUT2D eigenvalue weighted by molar-refractivity contribution is -0.127. The van der Waals surface area contributed by atoms with Crippen molar-refractivity contribution in [2.24, 2.45) is 5.41 Å². The maximum absolute atomic E-state index is 13.1. The van der Waals surface area contributed by atoms with E-state index in [9.17, 15) is 13.6 Å². The smallest absolute Gasteiger partial charge is 0.159 e. The normalized spacial score (nSPS) is 23.3. The van der Waals surface area contributed by atoms with Gasteiger partial charge in [0.1, 0.15) is 5.78 Å². The molecule has 1 fully saturated rings. The van der Waals surface area contributed by atoms with Gasteiger partial charge in [0.2, 0.25) is 0 Å². The Labute approximate surface area is 105 Å². The molecule has 0 radical (unpaired) electrons. The highest BCUT2D eigenvalue weighted by atomic mass is 19.2. The van der Waals surface area contributed by atoms with Crippen LogP contribution in [0.2, 0.25) is 0 Å². The maximum Gasteiger partial charge on any atom is 0.159 e. The van der Waals surface area contributed by atoms with E-state index in [1.807, 2.05) is 6.92 Å². The third-order valence-corrected chi connectivity index (χ3v) is 3.86. The zero-order valence-corrected chi connectivity index (χ0v) is 10.4. The van der Waals surface area contributed by atoms with Crippen molar-refractivity contribution in [3.8, 4) is 0 Å². The summed E-state index contributed by atoms with van der Waals surface area (Å²) in [7, 11) is 0. The minimum atomic E-state index is -0.893.